The first-order valence-electron chi connectivity index (χ1n) is 6.46. The van der Waals surface area contributed by atoms with Gasteiger partial charge in [0.1, 0.15) is 5.76 Å². The van der Waals surface area contributed by atoms with Crippen LogP contribution in [-0.2, 0) is 6.42 Å². The van der Waals surface area contributed by atoms with Crippen LogP contribution in [0.2, 0.25) is 0 Å². The average molecular weight is 247 g/mol. The minimum Gasteiger partial charge on any atom is -0.361 e. The summed E-state index contributed by atoms with van der Waals surface area (Å²) >= 11 is 0. The molecule has 0 saturated heterocycles. The number of rotatable bonds is 4. The Kier molecular flexibility index (Phi) is 3.55. The van der Waals surface area contributed by atoms with Crippen molar-refractivity contribution in [3.63, 3.8) is 0 Å². The van der Waals surface area contributed by atoms with Crippen LogP contribution >= 0.6 is 0 Å². The van der Waals surface area contributed by atoms with Gasteiger partial charge in [-0.3, -0.25) is 5.10 Å². The molecule has 0 aliphatic carbocycles. The van der Waals surface area contributed by atoms with Crippen LogP contribution in [0.25, 0.3) is 0 Å². The van der Waals surface area contributed by atoms with Crippen molar-refractivity contribution >= 4 is 0 Å². The van der Waals surface area contributed by atoms with E-state index in [-0.39, 0.29) is 0 Å². The van der Waals surface area contributed by atoms with Gasteiger partial charge < -0.3 is 4.52 Å². The summed E-state index contributed by atoms with van der Waals surface area (Å²) in [6.45, 7) is 10.5. The molecule has 0 amide bonds. The van der Waals surface area contributed by atoms with E-state index in [2.05, 4.69) is 42.2 Å². The highest BCUT2D eigenvalue weighted by Gasteiger charge is 2.17. The molecule has 2 aromatic heterocycles. The van der Waals surface area contributed by atoms with E-state index in [1.807, 2.05) is 13.8 Å². The van der Waals surface area contributed by atoms with E-state index in [0.717, 1.165) is 23.6 Å². The molecule has 4 nitrogen and oxygen atoms in total. The van der Waals surface area contributed by atoms with Gasteiger partial charge in [-0.1, -0.05) is 25.9 Å². The summed E-state index contributed by atoms with van der Waals surface area (Å²) < 4.78 is 5.22. The lowest BCUT2D eigenvalue weighted by Gasteiger charge is -2.09. The van der Waals surface area contributed by atoms with Crippen molar-refractivity contribution in [2.24, 2.45) is 0 Å². The maximum absolute atomic E-state index is 5.22. The van der Waals surface area contributed by atoms with Gasteiger partial charge in [-0.15, -0.1) is 0 Å². The van der Waals surface area contributed by atoms with Crippen LogP contribution in [0, 0.1) is 13.8 Å². The zero-order valence-electron chi connectivity index (χ0n) is 11.7. The maximum Gasteiger partial charge on any atom is 0.137 e. The fourth-order valence-electron chi connectivity index (χ4n) is 2.41. The highest BCUT2D eigenvalue weighted by Crippen LogP contribution is 2.26. The lowest BCUT2D eigenvalue weighted by atomic mass is 9.94. The van der Waals surface area contributed by atoms with Crippen molar-refractivity contribution in [1.82, 2.24) is 15.4 Å². The van der Waals surface area contributed by atoms with Crippen LogP contribution in [0.1, 0.15) is 61.0 Å². The predicted molar refractivity (Wildman–Crippen MR) is 70.8 cm³/mol. The SMILES string of the molecule is Cc1noc(C)c1C(C)Cc1cc(C(C)C)n[nH]1. The molecule has 2 aromatic rings. The van der Waals surface area contributed by atoms with Crippen LogP contribution in [-0.4, -0.2) is 15.4 Å². The van der Waals surface area contributed by atoms with Crippen molar-refractivity contribution in [3.05, 3.63) is 34.5 Å². The van der Waals surface area contributed by atoms with E-state index < -0.39 is 0 Å². The smallest absolute Gasteiger partial charge is 0.137 e. The lowest BCUT2D eigenvalue weighted by molar-refractivity contribution is 0.391. The first-order valence-corrected chi connectivity index (χ1v) is 6.46. The van der Waals surface area contributed by atoms with Crippen molar-refractivity contribution < 1.29 is 4.52 Å². The van der Waals surface area contributed by atoms with Gasteiger partial charge >= 0.3 is 0 Å². The highest BCUT2D eigenvalue weighted by atomic mass is 16.5. The summed E-state index contributed by atoms with van der Waals surface area (Å²) in [6.07, 6.45) is 0.933. The molecule has 1 unspecified atom stereocenters. The largest absolute Gasteiger partial charge is 0.361 e. The van der Waals surface area contributed by atoms with Crippen molar-refractivity contribution in [1.29, 1.82) is 0 Å². The molecule has 2 rings (SSSR count). The molecule has 18 heavy (non-hydrogen) atoms. The molecular weight excluding hydrogens is 226 g/mol. The number of aryl methyl sites for hydroxylation is 2. The Morgan fingerprint density at radius 2 is 2.00 bits per heavy atom. The van der Waals surface area contributed by atoms with Crippen molar-refractivity contribution in [2.75, 3.05) is 0 Å². The van der Waals surface area contributed by atoms with E-state index in [4.69, 9.17) is 4.52 Å². The van der Waals surface area contributed by atoms with Crippen LogP contribution in [0.5, 0.6) is 0 Å². The van der Waals surface area contributed by atoms with Crippen molar-refractivity contribution in [2.45, 2.75) is 52.9 Å². The van der Waals surface area contributed by atoms with Gasteiger partial charge in [-0.25, -0.2) is 0 Å². The standard InChI is InChI=1S/C14H21N3O/c1-8(2)13-7-12(15-16-13)6-9(3)14-10(4)17-18-11(14)5/h7-9H,6H2,1-5H3,(H,15,16). The molecule has 0 bridgehead atoms. The average Bonchev–Trinajstić information content (AvgIpc) is 2.86. The van der Waals surface area contributed by atoms with Gasteiger partial charge in [0.2, 0.25) is 0 Å². The fraction of sp³-hybridized carbons (Fsp3) is 0.571. The van der Waals surface area contributed by atoms with Gasteiger partial charge in [-0.2, -0.15) is 5.10 Å². The lowest BCUT2D eigenvalue weighted by Crippen LogP contribution is -2.01. The minimum absolute atomic E-state index is 0.386. The van der Waals surface area contributed by atoms with Gasteiger partial charge in [-0.05, 0) is 38.2 Å². The number of nitrogens with one attached hydrogen (secondary N) is 1. The molecular formula is C14H21N3O. The highest BCUT2D eigenvalue weighted by molar-refractivity contribution is 5.27. The third kappa shape index (κ3) is 2.47. The molecule has 0 spiro atoms. The van der Waals surface area contributed by atoms with Crippen molar-refractivity contribution in [3.8, 4) is 0 Å². The van der Waals surface area contributed by atoms with E-state index in [1.165, 1.54) is 11.3 Å². The first-order chi connectivity index (χ1) is 8.49. The maximum atomic E-state index is 5.22. The molecule has 4 heteroatoms. The molecule has 0 radical (unpaired) electrons. The van der Waals surface area contributed by atoms with Crippen LogP contribution in [0.4, 0.5) is 0 Å². The van der Waals surface area contributed by atoms with Crippen LogP contribution in [0.15, 0.2) is 10.6 Å². The Morgan fingerprint density at radius 3 is 2.50 bits per heavy atom. The quantitative estimate of drug-likeness (QED) is 0.899. The summed E-state index contributed by atoms with van der Waals surface area (Å²) in [5, 5.41) is 11.5. The topological polar surface area (TPSA) is 54.7 Å². The summed E-state index contributed by atoms with van der Waals surface area (Å²) in [5.41, 5.74) is 4.50. The molecule has 1 atom stereocenters. The molecule has 0 aromatic carbocycles. The van der Waals surface area contributed by atoms with Gasteiger partial charge in [0, 0.05) is 11.3 Å². The summed E-state index contributed by atoms with van der Waals surface area (Å²) in [4.78, 5) is 0. The Balaban J connectivity index is 2.13. The van der Waals surface area contributed by atoms with Gasteiger partial charge in [0.25, 0.3) is 0 Å². The second-order valence-corrected chi connectivity index (χ2v) is 5.32. The molecule has 0 fully saturated rings. The number of aromatic nitrogens is 3. The summed E-state index contributed by atoms with van der Waals surface area (Å²) in [5.74, 6) is 1.77. The van der Waals surface area contributed by atoms with Gasteiger partial charge in [0.15, 0.2) is 0 Å². The van der Waals surface area contributed by atoms with E-state index in [1.54, 1.807) is 0 Å². The number of nitrogens with zero attached hydrogens (tertiary/aromatic N) is 2. The Morgan fingerprint density at radius 1 is 1.28 bits per heavy atom. The molecule has 2 heterocycles. The number of aromatic amines is 1. The van der Waals surface area contributed by atoms with Crippen LogP contribution in [0.3, 0.4) is 0 Å². The molecule has 1 N–H and O–H groups in total. The third-order valence-electron chi connectivity index (χ3n) is 3.35. The van der Waals surface area contributed by atoms with Gasteiger partial charge in [0.05, 0.1) is 11.4 Å². The Bertz CT molecular complexity index is 505. The first kappa shape index (κ1) is 12.9. The zero-order valence-corrected chi connectivity index (χ0v) is 11.7. The zero-order chi connectivity index (χ0) is 13.3. The van der Waals surface area contributed by atoms with E-state index in [9.17, 15) is 0 Å². The second-order valence-electron chi connectivity index (χ2n) is 5.32. The monoisotopic (exact) mass is 247 g/mol. The fourth-order valence-corrected chi connectivity index (χ4v) is 2.41. The summed E-state index contributed by atoms with van der Waals surface area (Å²) in [7, 11) is 0. The number of hydrogen-bond donors (Lipinski definition) is 1. The normalized spacial score (nSPS) is 13.2. The predicted octanol–water partition coefficient (Wildman–Crippen LogP) is 3.48. The third-order valence-corrected chi connectivity index (χ3v) is 3.35. The molecule has 0 aliphatic heterocycles. The minimum atomic E-state index is 0.386. The Hall–Kier alpha value is -1.58. The number of hydrogen-bond acceptors (Lipinski definition) is 3. The van der Waals surface area contributed by atoms with Crippen LogP contribution < -0.4 is 0 Å². The van der Waals surface area contributed by atoms with E-state index in [0.29, 0.717) is 11.8 Å². The molecule has 98 valence electrons. The van der Waals surface area contributed by atoms with E-state index >= 15 is 0 Å². The summed E-state index contributed by atoms with van der Waals surface area (Å²) in [6, 6.07) is 2.15. The molecule has 0 aliphatic rings. The number of H-pyrrole nitrogens is 1. The molecule has 0 saturated carbocycles. The Labute approximate surface area is 108 Å². The second kappa shape index (κ2) is 4.96.